The Labute approximate surface area is 178 Å². The van der Waals surface area contributed by atoms with E-state index in [1.54, 1.807) is 0 Å². The van der Waals surface area contributed by atoms with Crippen LogP contribution >= 0.6 is 0 Å². The molecule has 2 N–H and O–H groups in total. The number of β-lactam (4-membered cyclic amide) rings is 1. The summed E-state index contributed by atoms with van der Waals surface area (Å²) in [6.07, 6.45) is 1.57. The molecule has 0 bridgehead atoms. The number of carbonyl (C=O) groups is 3. The van der Waals surface area contributed by atoms with Crippen LogP contribution in [0.5, 0.6) is 0 Å². The number of hydrogen-bond donors (Lipinski definition) is 2. The lowest BCUT2D eigenvalue weighted by Crippen LogP contribution is -2.74. The van der Waals surface area contributed by atoms with Crippen LogP contribution in [0.3, 0.4) is 0 Å². The Morgan fingerprint density at radius 1 is 1.20 bits per heavy atom. The van der Waals surface area contributed by atoms with Crippen LogP contribution < -0.4 is 5.32 Å². The predicted molar refractivity (Wildman–Crippen MR) is 114 cm³/mol. The number of hydrogen-bond acceptors (Lipinski definition) is 4. The number of ether oxygens (including phenoxy) is 1. The third kappa shape index (κ3) is 4.36. The molecule has 0 radical (unpaired) electrons. The normalized spacial score (nSPS) is 19.2. The predicted octanol–water partition coefficient (Wildman–Crippen LogP) is 4.40. The third-order valence-electron chi connectivity index (χ3n) is 6.11. The number of rotatable bonds is 9. The van der Waals surface area contributed by atoms with Crippen LogP contribution in [0, 0.1) is 12.3 Å². The van der Waals surface area contributed by atoms with Gasteiger partial charge in [-0.3, -0.25) is 4.79 Å². The Balaban J connectivity index is 2.29. The molecule has 3 amide bonds. The molecule has 0 aliphatic carbocycles. The van der Waals surface area contributed by atoms with Gasteiger partial charge in [0.15, 0.2) is 11.8 Å². The minimum absolute atomic E-state index is 0.248. The molecular formula is C23H34N2O5. The number of amides is 3. The smallest absolute Gasteiger partial charge is 0.335 e. The Kier molecular flexibility index (Phi) is 7.29. The van der Waals surface area contributed by atoms with Crippen LogP contribution in [-0.2, 0) is 14.3 Å². The summed E-state index contributed by atoms with van der Waals surface area (Å²) in [5, 5.41) is 12.4. The maximum atomic E-state index is 13.1. The minimum Gasteiger partial charge on any atom is -0.479 e. The molecule has 1 aliphatic rings. The number of urea groups is 1. The first kappa shape index (κ1) is 23.9. The fourth-order valence-electron chi connectivity index (χ4n) is 3.86. The van der Waals surface area contributed by atoms with Gasteiger partial charge < -0.3 is 15.2 Å². The third-order valence-corrected chi connectivity index (χ3v) is 6.11. The summed E-state index contributed by atoms with van der Waals surface area (Å²) in [4.78, 5) is 38.8. The summed E-state index contributed by atoms with van der Waals surface area (Å²) in [5.74, 6) is -1.47. The summed E-state index contributed by atoms with van der Waals surface area (Å²) >= 11 is 0. The number of likely N-dealkylation sites (tertiary alicyclic amines) is 1. The summed E-state index contributed by atoms with van der Waals surface area (Å²) in [7, 11) is 0. The molecule has 1 aliphatic heterocycles. The molecule has 1 heterocycles. The number of aliphatic carboxylic acids is 1. The van der Waals surface area contributed by atoms with Crippen molar-refractivity contribution in [2.75, 3.05) is 0 Å². The number of nitrogens with one attached hydrogen (secondary N) is 1. The number of nitrogens with zero attached hydrogens (tertiary/aromatic N) is 1. The van der Waals surface area contributed by atoms with E-state index in [2.05, 4.69) is 5.32 Å². The number of aryl methyl sites for hydroxylation is 1. The summed E-state index contributed by atoms with van der Waals surface area (Å²) in [6.45, 7) is 10.6. The number of carboxylic acids is 1. The van der Waals surface area contributed by atoms with E-state index in [1.807, 2.05) is 52.0 Å². The fourth-order valence-corrected chi connectivity index (χ4v) is 3.86. The second kappa shape index (κ2) is 9.16. The highest BCUT2D eigenvalue weighted by Gasteiger charge is 2.63. The van der Waals surface area contributed by atoms with Gasteiger partial charge in [0, 0.05) is 0 Å². The van der Waals surface area contributed by atoms with Gasteiger partial charge in [0.2, 0.25) is 5.91 Å². The lowest BCUT2D eigenvalue weighted by atomic mass is 9.71. The van der Waals surface area contributed by atoms with Gasteiger partial charge in [-0.2, -0.15) is 0 Å². The molecule has 1 aromatic carbocycles. The van der Waals surface area contributed by atoms with Gasteiger partial charge >= 0.3 is 12.0 Å². The summed E-state index contributed by atoms with van der Waals surface area (Å²) in [5.41, 5.74) is -0.337. The number of benzene rings is 1. The molecule has 166 valence electrons. The van der Waals surface area contributed by atoms with E-state index in [0.29, 0.717) is 12.8 Å². The second-order valence-electron chi connectivity index (χ2n) is 8.53. The molecule has 2 atom stereocenters. The molecule has 2 unspecified atom stereocenters. The van der Waals surface area contributed by atoms with Gasteiger partial charge in [-0.15, -0.1) is 0 Å². The molecule has 1 aromatic rings. The van der Waals surface area contributed by atoms with Crippen LogP contribution in [0.15, 0.2) is 24.3 Å². The first-order valence-electron chi connectivity index (χ1n) is 10.7. The molecule has 7 nitrogen and oxygen atoms in total. The van der Waals surface area contributed by atoms with Gasteiger partial charge in [-0.05, 0) is 45.6 Å². The standard InChI is InChI=1S/C23H34N2O5/c1-7-10-17(16-13-11-15(4)12-14-16)24-21(29)25-18(26)23(8-2,9-3)19(25)30-22(5,6)20(27)28/h11-14,17,19H,7-10H2,1-6H3,(H,24,29)(H,27,28). The highest BCUT2D eigenvalue weighted by molar-refractivity contribution is 6.03. The maximum absolute atomic E-state index is 13.1. The monoisotopic (exact) mass is 418 g/mol. The topological polar surface area (TPSA) is 95.9 Å². The quantitative estimate of drug-likeness (QED) is 0.580. The molecule has 0 aromatic heterocycles. The van der Waals surface area contributed by atoms with Gasteiger partial charge in [-0.1, -0.05) is 57.0 Å². The van der Waals surface area contributed by atoms with Gasteiger partial charge in [0.1, 0.15) is 0 Å². The average Bonchev–Trinajstić information content (AvgIpc) is 2.69. The average molecular weight is 419 g/mol. The molecular weight excluding hydrogens is 384 g/mol. The lowest BCUT2D eigenvalue weighted by molar-refractivity contribution is -0.240. The first-order chi connectivity index (χ1) is 14.0. The first-order valence-corrected chi connectivity index (χ1v) is 10.7. The van der Waals surface area contributed by atoms with E-state index in [9.17, 15) is 19.5 Å². The number of imide groups is 1. The van der Waals surface area contributed by atoms with E-state index in [1.165, 1.54) is 13.8 Å². The van der Waals surface area contributed by atoms with Crippen molar-refractivity contribution >= 4 is 17.9 Å². The molecule has 7 heteroatoms. The van der Waals surface area contributed by atoms with Gasteiger partial charge in [0.05, 0.1) is 11.5 Å². The zero-order chi connectivity index (χ0) is 22.7. The molecule has 2 rings (SSSR count). The van der Waals surface area contributed by atoms with E-state index in [-0.39, 0.29) is 11.9 Å². The molecule has 1 saturated heterocycles. The number of carbonyl (C=O) groups excluding carboxylic acids is 2. The lowest BCUT2D eigenvalue weighted by Gasteiger charge is -2.55. The van der Waals surface area contributed by atoms with Gasteiger partial charge in [0.25, 0.3) is 0 Å². The Hall–Kier alpha value is -2.41. The zero-order valence-corrected chi connectivity index (χ0v) is 18.8. The second-order valence-corrected chi connectivity index (χ2v) is 8.53. The van der Waals surface area contributed by atoms with E-state index in [0.717, 1.165) is 28.9 Å². The molecule has 1 fully saturated rings. The van der Waals surface area contributed by atoms with Crippen molar-refractivity contribution in [1.29, 1.82) is 0 Å². The van der Waals surface area contributed by atoms with Crippen LogP contribution in [0.4, 0.5) is 4.79 Å². The molecule has 30 heavy (non-hydrogen) atoms. The van der Waals surface area contributed by atoms with Crippen molar-refractivity contribution < 1.29 is 24.2 Å². The van der Waals surface area contributed by atoms with Crippen molar-refractivity contribution in [3.8, 4) is 0 Å². The number of carboxylic acid groups (broad SMARTS) is 1. The van der Waals surface area contributed by atoms with Gasteiger partial charge in [-0.25, -0.2) is 14.5 Å². The van der Waals surface area contributed by atoms with Crippen molar-refractivity contribution in [2.24, 2.45) is 5.41 Å². The largest absolute Gasteiger partial charge is 0.479 e. The zero-order valence-electron chi connectivity index (χ0n) is 18.8. The van der Waals surface area contributed by atoms with Crippen molar-refractivity contribution in [3.63, 3.8) is 0 Å². The highest BCUT2D eigenvalue weighted by atomic mass is 16.6. The van der Waals surface area contributed by atoms with Crippen LogP contribution in [0.2, 0.25) is 0 Å². The molecule has 0 saturated carbocycles. The van der Waals surface area contributed by atoms with E-state index < -0.39 is 29.2 Å². The van der Waals surface area contributed by atoms with Crippen LogP contribution in [0.1, 0.15) is 77.5 Å². The Morgan fingerprint density at radius 2 is 1.77 bits per heavy atom. The fraction of sp³-hybridized carbons (Fsp3) is 0.609. The summed E-state index contributed by atoms with van der Waals surface area (Å²) in [6, 6.07) is 7.11. The van der Waals surface area contributed by atoms with Crippen molar-refractivity contribution in [3.05, 3.63) is 35.4 Å². The summed E-state index contributed by atoms with van der Waals surface area (Å²) < 4.78 is 5.84. The van der Waals surface area contributed by atoms with Crippen molar-refractivity contribution in [1.82, 2.24) is 10.2 Å². The SMILES string of the molecule is CCCC(NC(=O)N1C(=O)C(CC)(CC)C1OC(C)(C)C(=O)O)c1ccc(C)cc1. The van der Waals surface area contributed by atoms with E-state index in [4.69, 9.17) is 4.74 Å². The Bertz CT molecular complexity index is 783. The van der Waals surface area contributed by atoms with Crippen LogP contribution in [0.25, 0.3) is 0 Å². The Morgan fingerprint density at radius 3 is 2.23 bits per heavy atom. The van der Waals surface area contributed by atoms with Crippen molar-refractivity contribution in [2.45, 2.75) is 85.1 Å². The van der Waals surface area contributed by atoms with E-state index >= 15 is 0 Å². The minimum atomic E-state index is -1.53. The molecule has 0 spiro atoms. The maximum Gasteiger partial charge on any atom is 0.335 e. The highest BCUT2D eigenvalue weighted by Crippen LogP contribution is 2.47. The van der Waals surface area contributed by atoms with Crippen LogP contribution in [-0.4, -0.2) is 39.7 Å².